The molecule has 0 spiro atoms. The van der Waals surface area contributed by atoms with Crippen LogP contribution in [0.15, 0.2) is 12.1 Å². The summed E-state index contributed by atoms with van der Waals surface area (Å²) in [5, 5.41) is 11.1. The highest BCUT2D eigenvalue weighted by Crippen LogP contribution is 2.37. The molecule has 74 valence electrons. The topological polar surface area (TPSA) is 52.4 Å². The average Bonchev–Trinajstić information content (AvgIpc) is 2.16. The molecule has 0 saturated carbocycles. The number of benzene rings is 1. The highest BCUT2D eigenvalue weighted by molar-refractivity contribution is 6.31. The van der Waals surface area contributed by atoms with Crippen molar-refractivity contribution in [1.82, 2.24) is 0 Å². The fourth-order valence-corrected chi connectivity index (χ4v) is 1.79. The molecule has 0 saturated heterocycles. The van der Waals surface area contributed by atoms with Crippen molar-refractivity contribution in [3.8, 4) is 5.75 Å². The molecule has 14 heavy (non-hydrogen) atoms. The second kappa shape index (κ2) is 3.46. The molecule has 0 atom stereocenters. The Labute approximate surface area is 85.6 Å². The maximum Gasteiger partial charge on any atom is 0.312 e. The predicted molar refractivity (Wildman–Crippen MR) is 51.9 cm³/mol. The zero-order valence-corrected chi connectivity index (χ0v) is 8.08. The molecule has 0 N–H and O–H groups in total. The van der Waals surface area contributed by atoms with Crippen molar-refractivity contribution in [3.05, 3.63) is 32.8 Å². The van der Waals surface area contributed by atoms with Crippen molar-refractivity contribution in [2.45, 2.75) is 12.8 Å². The first-order chi connectivity index (χ1) is 6.68. The Morgan fingerprint density at radius 3 is 3.00 bits per heavy atom. The Kier molecular flexibility index (Phi) is 2.29. The molecular formula is C9H8ClNO3. The lowest BCUT2D eigenvalue weighted by Crippen LogP contribution is -2.10. The molecule has 1 aliphatic heterocycles. The molecule has 0 aromatic heterocycles. The molecule has 0 amide bonds. The Hall–Kier alpha value is -1.29. The molecule has 0 radical (unpaired) electrons. The summed E-state index contributed by atoms with van der Waals surface area (Å²) in [6.07, 6.45) is 1.67. The first kappa shape index (κ1) is 9.27. The van der Waals surface area contributed by atoms with Crippen LogP contribution >= 0.6 is 11.6 Å². The molecule has 1 aromatic rings. The van der Waals surface area contributed by atoms with Crippen molar-refractivity contribution in [2.24, 2.45) is 0 Å². The second-order valence-electron chi connectivity index (χ2n) is 3.12. The van der Waals surface area contributed by atoms with E-state index in [1.54, 1.807) is 6.07 Å². The number of fused-ring (bicyclic) bond motifs is 1. The smallest absolute Gasteiger partial charge is 0.312 e. The van der Waals surface area contributed by atoms with Gasteiger partial charge in [-0.05, 0) is 18.9 Å². The zero-order chi connectivity index (χ0) is 10.1. The molecule has 2 rings (SSSR count). The van der Waals surface area contributed by atoms with Gasteiger partial charge in [-0.1, -0.05) is 11.6 Å². The van der Waals surface area contributed by atoms with E-state index in [4.69, 9.17) is 16.3 Å². The van der Waals surface area contributed by atoms with E-state index >= 15 is 0 Å². The molecule has 0 fully saturated rings. The fraction of sp³-hybridized carbons (Fsp3) is 0.333. The maximum absolute atomic E-state index is 10.7. The van der Waals surface area contributed by atoms with E-state index in [9.17, 15) is 10.1 Å². The van der Waals surface area contributed by atoms with Gasteiger partial charge < -0.3 is 4.74 Å². The van der Waals surface area contributed by atoms with Gasteiger partial charge >= 0.3 is 5.69 Å². The SMILES string of the molecule is O=[N+]([O-])c1cc(Cl)cc2c1OCCC2. The normalized spacial score (nSPS) is 14.4. The summed E-state index contributed by atoms with van der Waals surface area (Å²) < 4.78 is 5.27. The third-order valence-corrected chi connectivity index (χ3v) is 2.36. The summed E-state index contributed by atoms with van der Waals surface area (Å²) in [6, 6.07) is 3.05. The van der Waals surface area contributed by atoms with Crippen LogP contribution in [0.4, 0.5) is 5.69 Å². The lowest BCUT2D eigenvalue weighted by Gasteiger charge is -2.16. The second-order valence-corrected chi connectivity index (χ2v) is 3.56. The van der Waals surface area contributed by atoms with Crippen LogP contribution in [0, 0.1) is 10.1 Å². The molecule has 0 bridgehead atoms. The average molecular weight is 214 g/mol. The van der Waals surface area contributed by atoms with Crippen LogP contribution in [-0.4, -0.2) is 11.5 Å². The third-order valence-electron chi connectivity index (χ3n) is 2.14. The van der Waals surface area contributed by atoms with Crippen molar-refractivity contribution < 1.29 is 9.66 Å². The van der Waals surface area contributed by atoms with E-state index in [0.29, 0.717) is 17.4 Å². The number of hydrogen-bond donors (Lipinski definition) is 0. The van der Waals surface area contributed by atoms with Gasteiger partial charge in [-0.25, -0.2) is 0 Å². The molecule has 0 aliphatic carbocycles. The molecule has 1 aliphatic rings. The third kappa shape index (κ3) is 1.53. The van der Waals surface area contributed by atoms with E-state index < -0.39 is 4.92 Å². The number of aryl methyl sites for hydroxylation is 1. The van der Waals surface area contributed by atoms with Crippen molar-refractivity contribution in [3.63, 3.8) is 0 Å². The lowest BCUT2D eigenvalue weighted by atomic mass is 10.1. The van der Waals surface area contributed by atoms with Gasteiger partial charge in [-0.15, -0.1) is 0 Å². The Morgan fingerprint density at radius 2 is 2.29 bits per heavy atom. The number of nitrogens with zero attached hydrogens (tertiary/aromatic N) is 1. The minimum Gasteiger partial charge on any atom is -0.487 e. The number of nitro groups is 1. The van der Waals surface area contributed by atoms with Crippen LogP contribution in [0.5, 0.6) is 5.75 Å². The number of nitro benzene ring substituents is 1. The highest BCUT2D eigenvalue weighted by atomic mass is 35.5. The standard InChI is InChI=1S/C9H8ClNO3/c10-7-4-6-2-1-3-14-9(6)8(5-7)11(12)13/h4-5H,1-3H2. The van der Waals surface area contributed by atoms with Gasteiger partial charge in [0.2, 0.25) is 0 Å². The molecule has 1 heterocycles. The van der Waals surface area contributed by atoms with Crippen LogP contribution in [0.2, 0.25) is 5.02 Å². The summed E-state index contributed by atoms with van der Waals surface area (Å²) in [6.45, 7) is 0.537. The molecular weight excluding hydrogens is 206 g/mol. The van der Waals surface area contributed by atoms with Crippen LogP contribution in [0.1, 0.15) is 12.0 Å². The van der Waals surface area contributed by atoms with E-state index in [0.717, 1.165) is 18.4 Å². The Bertz CT molecular complexity index is 392. The van der Waals surface area contributed by atoms with E-state index in [-0.39, 0.29) is 5.69 Å². The van der Waals surface area contributed by atoms with Gasteiger partial charge in [0.25, 0.3) is 0 Å². The fourth-order valence-electron chi connectivity index (χ4n) is 1.56. The van der Waals surface area contributed by atoms with Crippen LogP contribution < -0.4 is 4.74 Å². The first-order valence-electron chi connectivity index (χ1n) is 4.28. The number of halogens is 1. The summed E-state index contributed by atoms with van der Waals surface area (Å²) >= 11 is 5.77. The largest absolute Gasteiger partial charge is 0.487 e. The summed E-state index contributed by atoms with van der Waals surface area (Å²) in [7, 11) is 0. The number of ether oxygens (including phenoxy) is 1. The van der Waals surface area contributed by atoms with Gasteiger partial charge in [-0.2, -0.15) is 0 Å². The minimum atomic E-state index is -0.462. The minimum absolute atomic E-state index is 0.0350. The lowest BCUT2D eigenvalue weighted by molar-refractivity contribution is -0.386. The maximum atomic E-state index is 10.7. The highest BCUT2D eigenvalue weighted by Gasteiger charge is 2.23. The summed E-state index contributed by atoms with van der Waals surface area (Å²) in [5.41, 5.74) is 0.794. The van der Waals surface area contributed by atoms with Gasteiger partial charge in [0.05, 0.1) is 11.5 Å². The van der Waals surface area contributed by atoms with Crippen LogP contribution in [0.3, 0.4) is 0 Å². The van der Waals surface area contributed by atoms with Gasteiger partial charge in [-0.3, -0.25) is 10.1 Å². The molecule has 1 aromatic carbocycles. The van der Waals surface area contributed by atoms with Crippen molar-refractivity contribution in [1.29, 1.82) is 0 Å². The van der Waals surface area contributed by atoms with Crippen LogP contribution in [-0.2, 0) is 6.42 Å². The predicted octanol–water partition coefficient (Wildman–Crippen LogP) is 2.57. The zero-order valence-electron chi connectivity index (χ0n) is 7.33. The van der Waals surface area contributed by atoms with Gasteiger partial charge in [0.1, 0.15) is 0 Å². The number of rotatable bonds is 1. The van der Waals surface area contributed by atoms with E-state index in [1.165, 1.54) is 6.07 Å². The first-order valence-corrected chi connectivity index (χ1v) is 4.66. The van der Waals surface area contributed by atoms with Crippen LogP contribution in [0.25, 0.3) is 0 Å². The molecule has 5 heteroatoms. The van der Waals surface area contributed by atoms with E-state index in [1.807, 2.05) is 0 Å². The van der Waals surface area contributed by atoms with E-state index in [2.05, 4.69) is 0 Å². The van der Waals surface area contributed by atoms with Crippen molar-refractivity contribution in [2.75, 3.05) is 6.61 Å². The molecule has 0 unspecified atom stereocenters. The van der Waals surface area contributed by atoms with Gasteiger partial charge in [0, 0.05) is 16.7 Å². The Morgan fingerprint density at radius 1 is 1.50 bits per heavy atom. The summed E-state index contributed by atoms with van der Waals surface area (Å²) in [4.78, 5) is 10.2. The molecule has 4 nitrogen and oxygen atoms in total. The number of hydrogen-bond acceptors (Lipinski definition) is 3. The Balaban J connectivity index is 2.58. The summed E-state index contributed by atoms with van der Waals surface area (Å²) in [5.74, 6) is 0.380. The van der Waals surface area contributed by atoms with Gasteiger partial charge in [0.15, 0.2) is 5.75 Å². The monoisotopic (exact) mass is 213 g/mol. The van der Waals surface area contributed by atoms with Crippen molar-refractivity contribution >= 4 is 17.3 Å². The quantitative estimate of drug-likeness (QED) is 0.532.